The number of Topliss-reactive ketones (excluding diaryl/α,β-unsaturated/α-hetero) is 2. The lowest BCUT2D eigenvalue weighted by Gasteiger charge is -2.08. The Balaban J connectivity index is 1.86. The van der Waals surface area contributed by atoms with Crippen molar-refractivity contribution in [2.75, 3.05) is 20.8 Å². The maximum Gasteiger partial charge on any atom is 0.306 e. The van der Waals surface area contributed by atoms with Crippen LogP contribution in [0.2, 0.25) is 0 Å². The van der Waals surface area contributed by atoms with Crippen LogP contribution < -0.4 is 9.47 Å². The van der Waals surface area contributed by atoms with E-state index in [0.717, 1.165) is 4.47 Å². The van der Waals surface area contributed by atoms with Gasteiger partial charge in [0.15, 0.2) is 18.2 Å². The second-order valence-corrected chi connectivity index (χ2v) is 6.50. The summed E-state index contributed by atoms with van der Waals surface area (Å²) in [6.45, 7) is -0.388. The van der Waals surface area contributed by atoms with Gasteiger partial charge in [-0.05, 0) is 30.3 Å². The van der Waals surface area contributed by atoms with Crippen molar-refractivity contribution in [3.63, 3.8) is 0 Å². The molecule has 0 amide bonds. The summed E-state index contributed by atoms with van der Waals surface area (Å²) in [6, 6.07) is 11.6. The first-order chi connectivity index (χ1) is 12.9. The lowest BCUT2D eigenvalue weighted by molar-refractivity contribution is -0.142. The highest BCUT2D eigenvalue weighted by Crippen LogP contribution is 2.24. The van der Waals surface area contributed by atoms with E-state index < -0.39 is 5.97 Å². The van der Waals surface area contributed by atoms with E-state index >= 15 is 0 Å². The molecule has 2 aromatic rings. The maximum atomic E-state index is 12.3. The number of carbonyl (C=O) groups excluding carboxylic acids is 3. The standard InChI is InChI=1S/C20H19BrO6/c1-25-15-5-3-4-13(10-15)18(23)12-27-20(24)9-7-17(22)16-11-14(21)6-8-19(16)26-2/h3-6,8,10-11H,7,9,12H2,1-2H3. The molecule has 0 aliphatic rings. The highest BCUT2D eigenvalue weighted by atomic mass is 79.9. The Morgan fingerprint density at radius 1 is 0.926 bits per heavy atom. The molecular weight excluding hydrogens is 416 g/mol. The fraction of sp³-hybridized carbons (Fsp3) is 0.250. The lowest BCUT2D eigenvalue weighted by atomic mass is 10.1. The Labute approximate surface area is 165 Å². The van der Waals surface area contributed by atoms with Crippen molar-refractivity contribution in [2.45, 2.75) is 12.8 Å². The van der Waals surface area contributed by atoms with Gasteiger partial charge in [0.2, 0.25) is 0 Å². The highest BCUT2D eigenvalue weighted by molar-refractivity contribution is 9.10. The monoisotopic (exact) mass is 434 g/mol. The Kier molecular flexibility index (Phi) is 7.55. The van der Waals surface area contributed by atoms with Crippen molar-refractivity contribution < 1.29 is 28.6 Å². The minimum absolute atomic E-state index is 0.0427. The number of ether oxygens (including phenoxy) is 3. The van der Waals surface area contributed by atoms with E-state index in [1.54, 1.807) is 42.5 Å². The van der Waals surface area contributed by atoms with Crippen molar-refractivity contribution in [3.8, 4) is 11.5 Å². The van der Waals surface area contributed by atoms with E-state index in [-0.39, 0.29) is 31.0 Å². The Morgan fingerprint density at radius 3 is 2.41 bits per heavy atom. The van der Waals surface area contributed by atoms with Crippen molar-refractivity contribution in [1.82, 2.24) is 0 Å². The van der Waals surface area contributed by atoms with Crippen LogP contribution in [0.3, 0.4) is 0 Å². The van der Waals surface area contributed by atoms with E-state index in [1.165, 1.54) is 14.2 Å². The number of carbonyl (C=O) groups is 3. The molecule has 0 fully saturated rings. The number of rotatable bonds is 9. The summed E-state index contributed by atoms with van der Waals surface area (Å²) in [5.74, 6) is -0.231. The van der Waals surface area contributed by atoms with Crippen molar-refractivity contribution in [1.29, 1.82) is 0 Å². The van der Waals surface area contributed by atoms with Gasteiger partial charge in [0.05, 0.1) is 26.2 Å². The number of esters is 1. The summed E-state index contributed by atoms with van der Waals surface area (Å²) in [5, 5.41) is 0. The van der Waals surface area contributed by atoms with Gasteiger partial charge < -0.3 is 14.2 Å². The van der Waals surface area contributed by atoms with Crippen molar-refractivity contribution >= 4 is 33.5 Å². The third-order valence-electron chi connectivity index (χ3n) is 3.77. The topological polar surface area (TPSA) is 78.9 Å². The third-order valence-corrected chi connectivity index (χ3v) is 4.27. The van der Waals surface area contributed by atoms with Gasteiger partial charge in [-0.25, -0.2) is 0 Å². The number of hydrogen-bond donors (Lipinski definition) is 0. The molecule has 2 aromatic carbocycles. The van der Waals surface area contributed by atoms with E-state index in [2.05, 4.69) is 15.9 Å². The van der Waals surface area contributed by atoms with Gasteiger partial charge in [0.25, 0.3) is 0 Å². The molecule has 0 aromatic heterocycles. The quantitative estimate of drug-likeness (QED) is 0.440. The summed E-state index contributed by atoms with van der Waals surface area (Å²) in [6.07, 6.45) is -0.168. The van der Waals surface area contributed by atoms with Crippen LogP contribution >= 0.6 is 15.9 Å². The first-order valence-corrected chi connectivity index (χ1v) is 8.93. The predicted octanol–water partition coefficient (Wildman–Crippen LogP) is 3.86. The van der Waals surface area contributed by atoms with Crippen LogP contribution in [-0.4, -0.2) is 38.4 Å². The summed E-state index contributed by atoms with van der Waals surface area (Å²) >= 11 is 3.30. The minimum atomic E-state index is -0.617. The fourth-order valence-electron chi connectivity index (χ4n) is 2.35. The van der Waals surface area contributed by atoms with Crippen LogP contribution in [0.1, 0.15) is 33.6 Å². The van der Waals surface area contributed by atoms with Gasteiger partial charge >= 0.3 is 5.97 Å². The molecule has 0 saturated carbocycles. The molecule has 0 saturated heterocycles. The van der Waals surface area contributed by atoms with Crippen LogP contribution in [-0.2, 0) is 9.53 Å². The molecule has 0 spiro atoms. The molecule has 0 aliphatic heterocycles. The number of methoxy groups -OCH3 is 2. The highest BCUT2D eigenvalue weighted by Gasteiger charge is 2.16. The van der Waals surface area contributed by atoms with E-state index in [4.69, 9.17) is 14.2 Å². The molecule has 0 unspecified atom stereocenters. The predicted molar refractivity (Wildman–Crippen MR) is 103 cm³/mol. The molecule has 0 atom stereocenters. The SMILES string of the molecule is COc1cccc(C(=O)COC(=O)CCC(=O)c2cc(Br)ccc2OC)c1. The molecule has 2 rings (SSSR count). The number of halogens is 1. The number of hydrogen-bond acceptors (Lipinski definition) is 6. The second kappa shape index (κ2) is 9.87. The number of ketones is 2. The van der Waals surface area contributed by atoms with E-state index in [9.17, 15) is 14.4 Å². The molecule has 0 N–H and O–H groups in total. The van der Waals surface area contributed by atoms with Gasteiger partial charge in [-0.2, -0.15) is 0 Å². The van der Waals surface area contributed by atoms with Crippen molar-refractivity contribution in [3.05, 3.63) is 58.1 Å². The molecule has 0 radical (unpaired) electrons. The van der Waals surface area contributed by atoms with Crippen LogP contribution in [0.4, 0.5) is 0 Å². The summed E-state index contributed by atoms with van der Waals surface area (Å²) in [4.78, 5) is 36.3. The van der Waals surface area contributed by atoms with Gasteiger partial charge in [0.1, 0.15) is 11.5 Å². The normalized spacial score (nSPS) is 10.2. The van der Waals surface area contributed by atoms with Gasteiger partial charge in [-0.3, -0.25) is 14.4 Å². The first-order valence-electron chi connectivity index (χ1n) is 8.14. The molecule has 0 bridgehead atoms. The second-order valence-electron chi connectivity index (χ2n) is 5.58. The molecule has 6 nitrogen and oxygen atoms in total. The zero-order valence-electron chi connectivity index (χ0n) is 15.0. The summed E-state index contributed by atoms with van der Waals surface area (Å²) in [7, 11) is 2.97. The lowest BCUT2D eigenvalue weighted by Crippen LogP contribution is -2.15. The Hall–Kier alpha value is -2.67. The van der Waals surface area contributed by atoms with E-state index in [0.29, 0.717) is 22.6 Å². The zero-order chi connectivity index (χ0) is 19.8. The molecule has 7 heteroatoms. The van der Waals surface area contributed by atoms with Crippen LogP contribution in [0.5, 0.6) is 11.5 Å². The van der Waals surface area contributed by atoms with Crippen LogP contribution in [0.15, 0.2) is 46.9 Å². The van der Waals surface area contributed by atoms with Gasteiger partial charge in [-0.15, -0.1) is 0 Å². The molecule has 142 valence electrons. The molecular formula is C20H19BrO6. The zero-order valence-corrected chi connectivity index (χ0v) is 16.6. The molecule has 27 heavy (non-hydrogen) atoms. The largest absolute Gasteiger partial charge is 0.497 e. The smallest absolute Gasteiger partial charge is 0.306 e. The number of benzene rings is 2. The molecule has 0 aliphatic carbocycles. The van der Waals surface area contributed by atoms with Gasteiger partial charge in [0, 0.05) is 16.5 Å². The van der Waals surface area contributed by atoms with Crippen molar-refractivity contribution in [2.24, 2.45) is 0 Å². The van der Waals surface area contributed by atoms with Crippen LogP contribution in [0, 0.1) is 0 Å². The maximum absolute atomic E-state index is 12.3. The minimum Gasteiger partial charge on any atom is -0.497 e. The van der Waals surface area contributed by atoms with E-state index in [1.807, 2.05) is 0 Å². The average molecular weight is 435 g/mol. The van der Waals surface area contributed by atoms with Gasteiger partial charge in [-0.1, -0.05) is 28.1 Å². The summed E-state index contributed by atoms with van der Waals surface area (Å²) in [5.41, 5.74) is 0.768. The Morgan fingerprint density at radius 2 is 1.70 bits per heavy atom. The first kappa shape index (κ1) is 20.6. The molecule has 0 heterocycles. The fourth-order valence-corrected chi connectivity index (χ4v) is 2.71. The average Bonchev–Trinajstić information content (AvgIpc) is 2.70. The summed E-state index contributed by atoms with van der Waals surface area (Å²) < 4.78 is 15.9. The van der Waals surface area contributed by atoms with Crippen LogP contribution in [0.25, 0.3) is 0 Å². The third kappa shape index (κ3) is 5.92. The Bertz CT molecular complexity index is 846.